The topological polar surface area (TPSA) is 181 Å². The van der Waals surface area contributed by atoms with Crippen molar-refractivity contribution < 1.29 is 76.9 Å². The molecular formula is C55H58O16. The fraction of sp³-hybridized carbons (Fsp3) is 0.345. The Labute approximate surface area is 411 Å². The summed E-state index contributed by atoms with van der Waals surface area (Å²) < 4.78 is 79.1. The first-order chi connectivity index (χ1) is 34.5. The second kappa shape index (κ2) is 20.1. The highest BCUT2D eigenvalue weighted by Crippen LogP contribution is 2.63. The fourth-order valence-corrected chi connectivity index (χ4v) is 10.3. The van der Waals surface area contributed by atoms with Gasteiger partial charge in [-0.05, 0) is 71.3 Å². The lowest BCUT2D eigenvalue weighted by atomic mass is 9.72. The van der Waals surface area contributed by atoms with Crippen LogP contribution < -0.4 is 61.6 Å². The van der Waals surface area contributed by atoms with E-state index < -0.39 is 48.5 Å². The maximum absolute atomic E-state index is 13.2. The number of fused-ring (bicyclic) bond motifs is 6. The molecule has 71 heavy (non-hydrogen) atoms. The lowest BCUT2D eigenvalue weighted by Crippen LogP contribution is -2.41. The van der Waals surface area contributed by atoms with Crippen LogP contribution in [0.25, 0.3) is 0 Å². The van der Waals surface area contributed by atoms with Crippen LogP contribution in [-0.2, 0) is 6.42 Å². The maximum atomic E-state index is 13.2. The molecule has 8 unspecified atom stereocenters. The van der Waals surface area contributed by atoms with Gasteiger partial charge in [-0.3, -0.25) is 0 Å². The first-order valence-electron chi connectivity index (χ1n) is 22.9. The molecule has 16 nitrogen and oxygen atoms in total. The summed E-state index contributed by atoms with van der Waals surface area (Å²) in [5, 5.41) is 38.8. The lowest BCUT2D eigenvalue weighted by molar-refractivity contribution is -0.0173. The number of hydrogen-bond donors (Lipinski definition) is 3. The molecular weight excluding hydrogens is 917 g/mol. The van der Waals surface area contributed by atoms with E-state index in [1.54, 1.807) is 115 Å². The summed E-state index contributed by atoms with van der Waals surface area (Å²) in [5.74, 6) is 3.47. The van der Waals surface area contributed by atoms with Crippen molar-refractivity contribution in [1.82, 2.24) is 0 Å². The van der Waals surface area contributed by atoms with Gasteiger partial charge < -0.3 is 76.9 Å². The molecule has 6 aromatic carbocycles. The molecule has 374 valence electrons. The summed E-state index contributed by atoms with van der Waals surface area (Å²) in [6.07, 6.45) is -7.01. The van der Waals surface area contributed by atoms with Crippen molar-refractivity contribution in [2.75, 3.05) is 71.1 Å². The molecule has 3 heterocycles. The van der Waals surface area contributed by atoms with Crippen LogP contribution in [0.4, 0.5) is 0 Å². The van der Waals surface area contributed by atoms with E-state index >= 15 is 0 Å². The molecule has 0 fully saturated rings. The zero-order valence-corrected chi connectivity index (χ0v) is 41.1. The average Bonchev–Trinajstić information content (AvgIpc) is 3.41. The third-order valence-corrected chi connectivity index (χ3v) is 13.7. The standard InChI is InChI=1S/C55H58O16/c1-59-30-14-16-32(39(24-30)64-6)45-47-53-34(26-35(56)50(69-53)28-12-19-37(62-4)42(22-28)67-9)52-46(55(47)70-51(49(45)58)29-13-20-38(63-5)43(23-29)68-10)44(27-11-18-36(61-3)41(21-27)66-8)48(57)54(71-52)33-17-15-31(60-2)25-40(33)65-7/h11-25,35,44-45,48-51,54,56-58H,26H2,1-10H3. The van der Waals surface area contributed by atoms with E-state index in [1.807, 2.05) is 18.2 Å². The van der Waals surface area contributed by atoms with Gasteiger partial charge in [-0.25, -0.2) is 0 Å². The highest BCUT2D eigenvalue weighted by atomic mass is 16.5. The van der Waals surface area contributed by atoms with E-state index in [-0.39, 0.29) is 12.2 Å². The van der Waals surface area contributed by atoms with Crippen molar-refractivity contribution in [1.29, 1.82) is 0 Å². The molecule has 0 amide bonds. The molecule has 0 aliphatic carbocycles. The molecule has 9 rings (SSSR count). The Morgan fingerprint density at radius 2 is 0.775 bits per heavy atom. The van der Waals surface area contributed by atoms with Crippen LogP contribution in [0.5, 0.6) is 74.7 Å². The highest BCUT2D eigenvalue weighted by molar-refractivity contribution is 5.72. The SMILES string of the molecule is COc1ccc(C2Oc3c4c(c5c(c3C(c3ccc(OC)c(OC)c3)C2O)OC(c2ccc(OC)c(OC)c2)C(O)C5c2ccc(OC)cc2OC)OC(c2ccc(OC)c(OC)c2)C(O)C4)c(OC)c1. The van der Waals surface area contributed by atoms with E-state index in [2.05, 4.69) is 0 Å². The first kappa shape index (κ1) is 48.6. The van der Waals surface area contributed by atoms with Crippen LogP contribution in [0.1, 0.15) is 74.7 Å². The number of rotatable bonds is 15. The zero-order valence-electron chi connectivity index (χ0n) is 41.1. The third kappa shape index (κ3) is 8.38. The van der Waals surface area contributed by atoms with Crippen molar-refractivity contribution >= 4 is 0 Å². The number of ether oxygens (including phenoxy) is 13. The molecule has 0 saturated carbocycles. The Kier molecular flexibility index (Phi) is 13.8. The predicted octanol–water partition coefficient (Wildman–Crippen LogP) is 8.06. The van der Waals surface area contributed by atoms with Gasteiger partial charge in [0.25, 0.3) is 0 Å². The van der Waals surface area contributed by atoms with Crippen molar-refractivity contribution in [3.8, 4) is 74.7 Å². The van der Waals surface area contributed by atoms with Gasteiger partial charge in [-0.2, -0.15) is 0 Å². The van der Waals surface area contributed by atoms with Crippen molar-refractivity contribution in [3.05, 3.63) is 136 Å². The predicted molar refractivity (Wildman–Crippen MR) is 260 cm³/mol. The minimum Gasteiger partial charge on any atom is -0.497 e. The van der Waals surface area contributed by atoms with E-state index in [9.17, 15) is 15.3 Å². The molecule has 8 atom stereocenters. The monoisotopic (exact) mass is 974 g/mol. The second-order valence-electron chi connectivity index (χ2n) is 17.2. The minimum atomic E-state index is -1.34. The van der Waals surface area contributed by atoms with Gasteiger partial charge in [-0.15, -0.1) is 0 Å². The molecule has 0 saturated heterocycles. The molecule has 3 N–H and O–H groups in total. The van der Waals surface area contributed by atoms with E-state index in [4.69, 9.17) is 61.6 Å². The summed E-state index contributed by atoms with van der Waals surface area (Å²) in [5.41, 5.74) is 4.15. The van der Waals surface area contributed by atoms with Crippen LogP contribution in [0.2, 0.25) is 0 Å². The Bertz CT molecular complexity index is 2920. The summed E-state index contributed by atoms with van der Waals surface area (Å²) in [4.78, 5) is 0. The number of methoxy groups -OCH3 is 10. The zero-order chi connectivity index (χ0) is 50.2. The molecule has 0 spiro atoms. The maximum Gasteiger partial charge on any atom is 0.161 e. The summed E-state index contributed by atoms with van der Waals surface area (Å²) in [6, 6.07) is 26.7. The van der Waals surface area contributed by atoms with Crippen LogP contribution in [-0.4, -0.2) is 105 Å². The van der Waals surface area contributed by atoms with Crippen LogP contribution in [0.15, 0.2) is 91.0 Å². The highest BCUT2D eigenvalue weighted by Gasteiger charge is 2.52. The first-order valence-corrected chi connectivity index (χ1v) is 22.9. The molecule has 6 aromatic rings. The molecule has 0 aromatic heterocycles. The van der Waals surface area contributed by atoms with Crippen LogP contribution in [0, 0.1) is 0 Å². The quantitative estimate of drug-likeness (QED) is 0.0898. The van der Waals surface area contributed by atoms with Crippen molar-refractivity contribution in [3.63, 3.8) is 0 Å². The van der Waals surface area contributed by atoms with Crippen LogP contribution >= 0.6 is 0 Å². The molecule has 0 bridgehead atoms. The van der Waals surface area contributed by atoms with Crippen LogP contribution in [0.3, 0.4) is 0 Å². The van der Waals surface area contributed by atoms with Gasteiger partial charge in [0.2, 0.25) is 0 Å². The van der Waals surface area contributed by atoms with Crippen molar-refractivity contribution in [2.24, 2.45) is 0 Å². The number of aliphatic hydroxyl groups is 3. The van der Waals surface area contributed by atoms with Gasteiger partial charge in [0.05, 0.1) is 77.2 Å². The third-order valence-electron chi connectivity index (χ3n) is 13.7. The Hall–Kier alpha value is -7.40. The molecule has 3 aliphatic heterocycles. The smallest absolute Gasteiger partial charge is 0.161 e. The largest absolute Gasteiger partial charge is 0.497 e. The minimum absolute atomic E-state index is 0.00710. The molecule has 3 aliphatic rings. The van der Waals surface area contributed by atoms with E-state index in [0.29, 0.717) is 114 Å². The van der Waals surface area contributed by atoms with Gasteiger partial charge in [-0.1, -0.05) is 24.3 Å². The van der Waals surface area contributed by atoms with E-state index in [1.165, 1.54) is 28.4 Å². The summed E-state index contributed by atoms with van der Waals surface area (Å²) in [7, 11) is 15.4. The second-order valence-corrected chi connectivity index (χ2v) is 17.2. The Morgan fingerprint density at radius 3 is 1.28 bits per heavy atom. The van der Waals surface area contributed by atoms with Crippen molar-refractivity contribution in [2.45, 2.75) is 54.9 Å². The Morgan fingerprint density at radius 1 is 0.366 bits per heavy atom. The Balaban J connectivity index is 1.40. The fourth-order valence-electron chi connectivity index (χ4n) is 10.3. The van der Waals surface area contributed by atoms with Gasteiger partial charge >= 0.3 is 0 Å². The lowest BCUT2D eigenvalue weighted by Gasteiger charge is -2.46. The van der Waals surface area contributed by atoms with E-state index in [0.717, 1.165) is 0 Å². The number of aliphatic hydroxyl groups excluding tert-OH is 3. The number of benzene rings is 6. The van der Waals surface area contributed by atoms with Gasteiger partial charge in [0, 0.05) is 58.2 Å². The van der Waals surface area contributed by atoms with Gasteiger partial charge in [0.15, 0.2) is 46.7 Å². The number of hydrogen-bond acceptors (Lipinski definition) is 16. The average molecular weight is 975 g/mol. The molecule has 16 heteroatoms. The molecule has 0 radical (unpaired) electrons. The normalized spacial score (nSPS) is 21.9. The van der Waals surface area contributed by atoms with Gasteiger partial charge in [0.1, 0.15) is 58.6 Å². The summed E-state index contributed by atoms with van der Waals surface area (Å²) in [6.45, 7) is 0. The summed E-state index contributed by atoms with van der Waals surface area (Å²) >= 11 is 0.